The maximum Gasteiger partial charge on any atom is 0.359 e. The summed E-state index contributed by atoms with van der Waals surface area (Å²) in [5.41, 5.74) is 0.412. The van der Waals surface area contributed by atoms with Crippen LogP contribution in [0.5, 0.6) is 0 Å². The Labute approximate surface area is 114 Å². The summed E-state index contributed by atoms with van der Waals surface area (Å²) in [5.74, 6) is -2.00. The number of H-pyrrole nitrogens is 1. The van der Waals surface area contributed by atoms with Gasteiger partial charge in [-0.15, -0.1) is 0 Å². The number of nitrogens with one attached hydrogen (secondary N) is 1. The molecule has 0 saturated carbocycles. The van der Waals surface area contributed by atoms with Gasteiger partial charge in [-0.1, -0.05) is 17.7 Å². The minimum Gasteiger partial charge on any atom is -0.476 e. The van der Waals surface area contributed by atoms with E-state index in [0.29, 0.717) is 15.5 Å². The summed E-state index contributed by atoms with van der Waals surface area (Å²) < 4.78 is 0.358. The second kappa shape index (κ2) is 5.08. The van der Waals surface area contributed by atoms with Crippen LogP contribution in [0.15, 0.2) is 35.9 Å². The summed E-state index contributed by atoms with van der Waals surface area (Å²) in [5, 5.41) is 9.18. The van der Waals surface area contributed by atoms with Crippen LogP contribution in [0.4, 0.5) is 0 Å². The summed E-state index contributed by atoms with van der Waals surface area (Å²) in [4.78, 5) is 38.2. The highest BCUT2D eigenvalue weighted by molar-refractivity contribution is 6.08. The van der Waals surface area contributed by atoms with Gasteiger partial charge in [0.2, 0.25) is 5.69 Å². The van der Waals surface area contributed by atoms with Gasteiger partial charge >= 0.3 is 11.7 Å². The zero-order chi connectivity index (χ0) is 14.9. The maximum atomic E-state index is 12.3. The van der Waals surface area contributed by atoms with E-state index in [4.69, 9.17) is 0 Å². The Bertz CT molecular complexity index is 798. The molecule has 102 valence electrons. The highest BCUT2D eigenvalue weighted by Gasteiger charge is 2.30. The van der Waals surface area contributed by atoms with E-state index in [2.05, 4.69) is 4.98 Å². The van der Waals surface area contributed by atoms with Gasteiger partial charge in [0.05, 0.1) is 4.43 Å². The molecule has 6 nitrogen and oxygen atoms in total. The van der Waals surface area contributed by atoms with Crippen molar-refractivity contribution in [2.45, 2.75) is 13.8 Å². The predicted molar refractivity (Wildman–Crippen MR) is 72.4 cm³/mol. The first-order valence-electron chi connectivity index (χ1n) is 5.92. The number of fused-ring (bicyclic) bond motifs is 1. The van der Waals surface area contributed by atoms with Crippen LogP contribution in [-0.4, -0.2) is 21.8 Å². The lowest BCUT2D eigenvalue weighted by atomic mass is 10.1. The predicted octanol–water partition coefficient (Wildman–Crippen LogP) is 1.93. The van der Waals surface area contributed by atoms with Crippen LogP contribution in [0.3, 0.4) is 0 Å². The Morgan fingerprint density at radius 3 is 2.50 bits per heavy atom. The molecule has 0 aliphatic heterocycles. The molecule has 6 heteroatoms. The van der Waals surface area contributed by atoms with Gasteiger partial charge in [0, 0.05) is 11.0 Å². The van der Waals surface area contributed by atoms with E-state index in [9.17, 15) is 19.6 Å². The second-order valence-corrected chi connectivity index (χ2v) is 4.55. The SMILES string of the molecule is CC(C)=CC(=O)c1c(C(=O)O)[nH]c2ccccc2[n+]1=O. The van der Waals surface area contributed by atoms with Gasteiger partial charge in [-0.2, -0.15) is 0 Å². The normalized spacial score (nSPS) is 10.3. The molecular formula is C14H13N2O4+. The van der Waals surface area contributed by atoms with Gasteiger partial charge in [0.15, 0.2) is 0 Å². The summed E-state index contributed by atoms with van der Waals surface area (Å²) in [6.07, 6.45) is 1.23. The van der Waals surface area contributed by atoms with Crippen LogP contribution in [0.25, 0.3) is 11.0 Å². The quantitative estimate of drug-likeness (QED) is 0.507. The minimum absolute atomic E-state index is 0.211. The van der Waals surface area contributed by atoms with E-state index in [1.807, 2.05) is 0 Å². The molecule has 0 fully saturated rings. The summed E-state index contributed by atoms with van der Waals surface area (Å²) in [6.45, 7) is 3.39. The molecule has 20 heavy (non-hydrogen) atoms. The van der Waals surface area contributed by atoms with Gasteiger partial charge in [-0.25, -0.2) is 4.79 Å². The van der Waals surface area contributed by atoms with Gasteiger partial charge in [-0.3, -0.25) is 4.79 Å². The number of aromatic carboxylic acids is 1. The zero-order valence-electron chi connectivity index (χ0n) is 11.0. The zero-order valence-corrected chi connectivity index (χ0v) is 11.0. The van der Waals surface area contributed by atoms with Gasteiger partial charge < -0.3 is 10.1 Å². The lowest BCUT2D eigenvalue weighted by Crippen LogP contribution is -2.30. The Hall–Kier alpha value is -2.76. The Kier molecular flexibility index (Phi) is 3.47. The van der Waals surface area contributed by atoms with E-state index in [-0.39, 0.29) is 5.52 Å². The van der Waals surface area contributed by atoms with E-state index < -0.39 is 23.1 Å². The van der Waals surface area contributed by atoms with Crippen molar-refractivity contribution in [3.05, 3.63) is 52.2 Å². The molecule has 0 bridgehead atoms. The van der Waals surface area contributed by atoms with Crippen molar-refractivity contribution in [1.82, 2.24) is 4.98 Å². The average molecular weight is 273 g/mol. The van der Waals surface area contributed by atoms with E-state index in [1.165, 1.54) is 12.1 Å². The molecule has 0 radical (unpaired) electrons. The van der Waals surface area contributed by atoms with Crippen LogP contribution >= 0.6 is 0 Å². The Morgan fingerprint density at radius 2 is 1.90 bits per heavy atom. The van der Waals surface area contributed by atoms with Crippen molar-refractivity contribution in [3.8, 4) is 0 Å². The van der Waals surface area contributed by atoms with Crippen molar-refractivity contribution in [2.75, 3.05) is 0 Å². The fraction of sp³-hybridized carbons (Fsp3) is 0.143. The number of carboxylic acids is 1. The van der Waals surface area contributed by atoms with Crippen molar-refractivity contribution in [3.63, 3.8) is 0 Å². The first-order valence-corrected chi connectivity index (χ1v) is 5.92. The molecule has 0 atom stereocenters. The fourth-order valence-electron chi connectivity index (χ4n) is 1.88. The number of aromatic amines is 1. The van der Waals surface area contributed by atoms with Crippen molar-refractivity contribution in [1.29, 1.82) is 0 Å². The second-order valence-electron chi connectivity index (χ2n) is 4.55. The number of carboxylic acid groups (broad SMARTS) is 1. The van der Waals surface area contributed by atoms with E-state index in [0.717, 1.165) is 0 Å². The molecule has 0 spiro atoms. The number of rotatable bonds is 3. The summed E-state index contributed by atoms with van der Waals surface area (Å²) in [7, 11) is 0. The lowest BCUT2D eigenvalue weighted by Gasteiger charge is -1.99. The third kappa shape index (κ3) is 2.35. The first kappa shape index (κ1) is 13.7. The number of carbonyl (C=O) groups is 2. The smallest absolute Gasteiger partial charge is 0.359 e. The maximum absolute atomic E-state index is 12.3. The summed E-state index contributed by atoms with van der Waals surface area (Å²) in [6, 6.07) is 6.40. The monoisotopic (exact) mass is 273 g/mol. The number of carbonyl (C=O) groups excluding carboxylic acids is 1. The lowest BCUT2D eigenvalue weighted by molar-refractivity contribution is -0.467. The van der Waals surface area contributed by atoms with Crippen molar-refractivity contribution in [2.24, 2.45) is 0 Å². The molecule has 2 aromatic rings. The number of hydrogen-bond donors (Lipinski definition) is 2. The number of ketones is 1. The number of hydrogen-bond acceptors (Lipinski definition) is 3. The third-order valence-corrected chi connectivity index (χ3v) is 2.69. The number of nitrogens with zero attached hydrogens (tertiary/aromatic N) is 1. The molecule has 0 aliphatic rings. The van der Waals surface area contributed by atoms with Crippen molar-refractivity contribution >= 4 is 22.8 Å². The molecule has 2 N–H and O–H groups in total. The van der Waals surface area contributed by atoms with Crippen LogP contribution in [0, 0.1) is 4.91 Å². The molecule has 0 aliphatic carbocycles. The van der Waals surface area contributed by atoms with Gasteiger partial charge in [0.1, 0.15) is 5.52 Å². The van der Waals surface area contributed by atoms with Crippen LogP contribution in [0.2, 0.25) is 0 Å². The van der Waals surface area contributed by atoms with Gasteiger partial charge in [-0.05, 0) is 26.0 Å². The largest absolute Gasteiger partial charge is 0.476 e. The Morgan fingerprint density at radius 1 is 1.25 bits per heavy atom. The van der Waals surface area contributed by atoms with E-state index in [1.54, 1.807) is 32.0 Å². The number of allylic oxidation sites excluding steroid dienone is 2. The highest BCUT2D eigenvalue weighted by atomic mass is 16.4. The molecule has 1 heterocycles. The molecule has 1 aromatic heterocycles. The first-order chi connectivity index (χ1) is 9.41. The topological polar surface area (TPSA) is 93.1 Å². The number of benzene rings is 1. The van der Waals surface area contributed by atoms with Crippen LogP contribution in [0.1, 0.15) is 34.8 Å². The van der Waals surface area contributed by atoms with Gasteiger partial charge in [0.25, 0.3) is 11.3 Å². The Balaban J connectivity index is 2.87. The summed E-state index contributed by atoms with van der Waals surface area (Å²) >= 11 is 0. The van der Waals surface area contributed by atoms with Crippen LogP contribution in [-0.2, 0) is 0 Å². The molecular weight excluding hydrogens is 260 g/mol. The minimum atomic E-state index is -1.36. The standard InChI is InChI=1S/C14H12N2O4/c1-8(2)7-11(17)13-12(14(18)19)15-9-5-3-4-6-10(9)16(13)20/h3-7H,1-2H3,(H-,15,17,18,19,20)/p+1. The third-order valence-electron chi connectivity index (χ3n) is 2.69. The van der Waals surface area contributed by atoms with Crippen molar-refractivity contribution < 1.29 is 19.1 Å². The molecule has 1 aromatic carbocycles. The molecule has 0 unspecified atom stereocenters. The molecule has 0 saturated heterocycles. The van der Waals surface area contributed by atoms with Crippen LogP contribution < -0.4 is 4.43 Å². The number of aromatic nitrogens is 2. The fourth-order valence-corrected chi connectivity index (χ4v) is 1.88. The highest BCUT2D eigenvalue weighted by Crippen LogP contribution is 2.11. The molecule has 2 rings (SSSR count). The average Bonchev–Trinajstić information content (AvgIpc) is 2.37. The number of para-hydroxylation sites is 2. The molecule has 0 amide bonds. The van der Waals surface area contributed by atoms with E-state index >= 15 is 0 Å².